The molecule has 0 aromatic heterocycles. The van der Waals surface area contributed by atoms with Crippen molar-refractivity contribution in [1.29, 1.82) is 0 Å². The molecule has 0 aliphatic rings. The number of rotatable bonds is 5. The topological polar surface area (TPSA) is 58.2 Å². The molecule has 0 saturated heterocycles. The van der Waals surface area contributed by atoms with Crippen molar-refractivity contribution in [3.8, 4) is 0 Å². The van der Waals surface area contributed by atoms with Gasteiger partial charge in [0.1, 0.15) is 12.2 Å². The zero-order valence-corrected chi connectivity index (χ0v) is 14.1. The van der Waals surface area contributed by atoms with Crippen molar-refractivity contribution in [2.24, 2.45) is 0 Å². The summed E-state index contributed by atoms with van der Waals surface area (Å²) in [5.41, 5.74) is 2.34. The van der Waals surface area contributed by atoms with Gasteiger partial charge in [-0.3, -0.25) is 9.59 Å². The zero-order chi connectivity index (χ0) is 16.8. The molecule has 6 heteroatoms. The second-order valence-corrected chi connectivity index (χ2v) is 6.00. The third-order valence-electron chi connectivity index (χ3n) is 3.19. The summed E-state index contributed by atoms with van der Waals surface area (Å²) in [6.07, 6.45) is -0.267. The van der Waals surface area contributed by atoms with Gasteiger partial charge in [0.25, 0.3) is 0 Å². The highest BCUT2D eigenvalue weighted by molar-refractivity contribution is 9.10. The molecule has 0 aliphatic carbocycles. The Morgan fingerprint density at radius 3 is 2.43 bits per heavy atom. The van der Waals surface area contributed by atoms with Gasteiger partial charge in [-0.1, -0.05) is 28.1 Å². The standard InChI is InChI=1S/C17H16BrFN2O2/c1-11-8-13(18)4-7-15(11)21-17(23)9-16(22)20-10-12-2-5-14(19)6-3-12/h2-8H,9-10H2,1H3,(H,20,22)(H,21,23). The maximum atomic E-state index is 12.8. The lowest BCUT2D eigenvalue weighted by molar-refractivity contribution is -0.126. The molecule has 0 unspecified atom stereocenters. The molecular formula is C17H16BrFN2O2. The van der Waals surface area contributed by atoms with Crippen LogP contribution in [0, 0.1) is 12.7 Å². The van der Waals surface area contributed by atoms with Crippen LogP contribution in [0.15, 0.2) is 46.9 Å². The highest BCUT2D eigenvalue weighted by Crippen LogP contribution is 2.20. The lowest BCUT2D eigenvalue weighted by Crippen LogP contribution is -2.27. The van der Waals surface area contributed by atoms with Crippen LogP contribution in [0.5, 0.6) is 0 Å². The van der Waals surface area contributed by atoms with Crippen LogP contribution in [0.1, 0.15) is 17.5 Å². The lowest BCUT2D eigenvalue weighted by atomic mass is 10.2. The summed E-state index contributed by atoms with van der Waals surface area (Å²) in [4.78, 5) is 23.7. The second-order valence-electron chi connectivity index (χ2n) is 5.09. The maximum absolute atomic E-state index is 12.8. The number of benzene rings is 2. The molecule has 23 heavy (non-hydrogen) atoms. The summed E-state index contributed by atoms with van der Waals surface area (Å²) in [5.74, 6) is -1.10. The van der Waals surface area contributed by atoms with E-state index in [1.54, 1.807) is 18.2 Å². The minimum absolute atomic E-state index is 0.254. The first kappa shape index (κ1) is 17.1. The van der Waals surface area contributed by atoms with E-state index in [2.05, 4.69) is 26.6 Å². The Hall–Kier alpha value is -2.21. The number of amides is 2. The summed E-state index contributed by atoms with van der Waals surface area (Å²) in [6, 6.07) is 11.3. The predicted octanol–water partition coefficient (Wildman–Crippen LogP) is 3.54. The van der Waals surface area contributed by atoms with Crippen molar-refractivity contribution in [3.05, 3.63) is 63.9 Å². The molecule has 0 aliphatic heterocycles. The van der Waals surface area contributed by atoms with Gasteiger partial charge in [0, 0.05) is 16.7 Å². The molecule has 0 bridgehead atoms. The fourth-order valence-electron chi connectivity index (χ4n) is 1.97. The van der Waals surface area contributed by atoms with Gasteiger partial charge in [0.2, 0.25) is 11.8 Å². The first-order valence-electron chi connectivity index (χ1n) is 7.01. The highest BCUT2D eigenvalue weighted by Gasteiger charge is 2.10. The quantitative estimate of drug-likeness (QED) is 0.781. The number of carbonyl (C=O) groups excluding carboxylic acids is 2. The maximum Gasteiger partial charge on any atom is 0.233 e. The van der Waals surface area contributed by atoms with Crippen LogP contribution in [-0.4, -0.2) is 11.8 Å². The smallest absolute Gasteiger partial charge is 0.233 e. The molecule has 2 aromatic carbocycles. The number of aryl methyl sites for hydroxylation is 1. The predicted molar refractivity (Wildman–Crippen MR) is 90.4 cm³/mol. The van der Waals surface area contributed by atoms with Crippen molar-refractivity contribution < 1.29 is 14.0 Å². The zero-order valence-electron chi connectivity index (χ0n) is 12.5. The molecule has 2 N–H and O–H groups in total. The SMILES string of the molecule is Cc1cc(Br)ccc1NC(=O)CC(=O)NCc1ccc(F)cc1. The van der Waals surface area contributed by atoms with E-state index < -0.39 is 0 Å². The molecule has 0 atom stereocenters. The number of halogens is 2. The fraction of sp³-hybridized carbons (Fsp3) is 0.176. The Morgan fingerprint density at radius 2 is 1.78 bits per heavy atom. The molecule has 2 amide bonds. The van der Waals surface area contributed by atoms with Crippen LogP contribution in [0.2, 0.25) is 0 Å². The summed E-state index contributed by atoms with van der Waals surface area (Å²) in [6.45, 7) is 2.12. The molecule has 2 rings (SSSR count). The van der Waals surface area contributed by atoms with Gasteiger partial charge in [0.05, 0.1) is 0 Å². The Morgan fingerprint density at radius 1 is 1.09 bits per heavy atom. The first-order valence-corrected chi connectivity index (χ1v) is 7.80. The Bertz CT molecular complexity index is 717. The van der Waals surface area contributed by atoms with Crippen molar-refractivity contribution in [1.82, 2.24) is 5.32 Å². The minimum atomic E-state index is -0.387. The van der Waals surface area contributed by atoms with Crippen molar-refractivity contribution >= 4 is 33.4 Å². The van der Waals surface area contributed by atoms with E-state index in [0.29, 0.717) is 5.69 Å². The largest absolute Gasteiger partial charge is 0.352 e. The molecule has 120 valence electrons. The van der Waals surface area contributed by atoms with Crippen LogP contribution >= 0.6 is 15.9 Å². The van der Waals surface area contributed by atoms with Gasteiger partial charge >= 0.3 is 0 Å². The molecule has 0 heterocycles. The molecule has 2 aromatic rings. The number of anilines is 1. The third kappa shape index (κ3) is 5.49. The Balaban J connectivity index is 1.82. The number of carbonyl (C=O) groups is 2. The Labute approximate surface area is 142 Å². The van der Waals surface area contributed by atoms with Gasteiger partial charge < -0.3 is 10.6 Å². The third-order valence-corrected chi connectivity index (χ3v) is 3.68. The molecule has 4 nitrogen and oxygen atoms in total. The monoisotopic (exact) mass is 378 g/mol. The number of hydrogen-bond donors (Lipinski definition) is 2. The van der Waals surface area contributed by atoms with Crippen LogP contribution in [0.25, 0.3) is 0 Å². The molecule has 0 radical (unpaired) electrons. The summed E-state index contributed by atoms with van der Waals surface area (Å²) in [5, 5.41) is 5.33. The summed E-state index contributed by atoms with van der Waals surface area (Å²) in [7, 11) is 0. The number of nitrogens with one attached hydrogen (secondary N) is 2. The van der Waals surface area contributed by atoms with Crippen molar-refractivity contribution in [2.75, 3.05) is 5.32 Å². The average Bonchev–Trinajstić information content (AvgIpc) is 2.49. The van der Waals surface area contributed by atoms with Crippen LogP contribution in [0.4, 0.5) is 10.1 Å². The van der Waals surface area contributed by atoms with Gasteiger partial charge in [-0.05, 0) is 48.4 Å². The van der Waals surface area contributed by atoms with Gasteiger partial charge in [-0.2, -0.15) is 0 Å². The first-order chi connectivity index (χ1) is 10.9. The van der Waals surface area contributed by atoms with E-state index in [0.717, 1.165) is 15.6 Å². The summed E-state index contributed by atoms with van der Waals surface area (Å²) < 4.78 is 13.7. The average molecular weight is 379 g/mol. The van der Waals surface area contributed by atoms with Gasteiger partial charge in [-0.15, -0.1) is 0 Å². The van der Waals surface area contributed by atoms with Crippen LogP contribution in [-0.2, 0) is 16.1 Å². The van der Waals surface area contributed by atoms with E-state index >= 15 is 0 Å². The van der Waals surface area contributed by atoms with E-state index in [-0.39, 0.29) is 30.6 Å². The fourth-order valence-corrected chi connectivity index (χ4v) is 2.45. The van der Waals surface area contributed by atoms with Crippen LogP contribution < -0.4 is 10.6 Å². The van der Waals surface area contributed by atoms with E-state index in [4.69, 9.17) is 0 Å². The van der Waals surface area contributed by atoms with E-state index in [9.17, 15) is 14.0 Å². The minimum Gasteiger partial charge on any atom is -0.352 e. The van der Waals surface area contributed by atoms with E-state index in [1.807, 2.05) is 19.1 Å². The number of hydrogen-bond acceptors (Lipinski definition) is 2. The van der Waals surface area contributed by atoms with Crippen molar-refractivity contribution in [3.63, 3.8) is 0 Å². The molecular weight excluding hydrogens is 363 g/mol. The molecule has 0 spiro atoms. The summed E-state index contributed by atoms with van der Waals surface area (Å²) >= 11 is 3.35. The van der Waals surface area contributed by atoms with Crippen LogP contribution in [0.3, 0.4) is 0 Å². The molecule has 0 fully saturated rings. The Kier molecular flexibility index (Phi) is 5.87. The molecule has 0 saturated carbocycles. The normalized spacial score (nSPS) is 10.2. The lowest BCUT2D eigenvalue weighted by Gasteiger charge is -2.09. The highest BCUT2D eigenvalue weighted by atomic mass is 79.9. The second kappa shape index (κ2) is 7.87. The van der Waals surface area contributed by atoms with E-state index in [1.165, 1.54) is 12.1 Å². The van der Waals surface area contributed by atoms with Crippen molar-refractivity contribution in [2.45, 2.75) is 19.9 Å². The van der Waals surface area contributed by atoms with Gasteiger partial charge in [0.15, 0.2) is 0 Å². The van der Waals surface area contributed by atoms with Gasteiger partial charge in [-0.25, -0.2) is 4.39 Å².